The Morgan fingerprint density at radius 3 is 2.52 bits per heavy atom. The molecule has 2 nitrogen and oxygen atoms in total. The maximum absolute atomic E-state index is 5.36. The molecule has 1 aliphatic carbocycles. The van der Waals surface area contributed by atoms with Crippen LogP contribution in [0.3, 0.4) is 0 Å². The Labute approximate surface area is 146 Å². The minimum Gasteiger partial charge on any atom is -0.380 e. The number of nitrogens with one attached hydrogen (secondary N) is 1. The molecule has 1 aliphatic rings. The number of hydrogen-bond donors (Lipinski definition) is 1. The molecule has 1 aromatic carbocycles. The fourth-order valence-corrected chi connectivity index (χ4v) is 4.10. The molecule has 23 heavy (non-hydrogen) atoms. The Morgan fingerprint density at radius 1 is 1.22 bits per heavy atom. The second-order valence-electron chi connectivity index (χ2n) is 6.91. The van der Waals surface area contributed by atoms with Crippen molar-refractivity contribution in [2.75, 3.05) is 32.6 Å². The van der Waals surface area contributed by atoms with Crippen molar-refractivity contribution < 1.29 is 4.74 Å². The van der Waals surface area contributed by atoms with Crippen LogP contribution >= 0.6 is 11.8 Å². The summed E-state index contributed by atoms with van der Waals surface area (Å²) in [6.45, 7) is 8.19. The summed E-state index contributed by atoms with van der Waals surface area (Å²) in [4.78, 5) is 1.37. The summed E-state index contributed by atoms with van der Waals surface area (Å²) in [6, 6.07) is 9.33. The molecule has 130 valence electrons. The van der Waals surface area contributed by atoms with Gasteiger partial charge in [0.25, 0.3) is 0 Å². The van der Waals surface area contributed by atoms with Crippen molar-refractivity contribution in [3.05, 3.63) is 29.8 Å². The lowest BCUT2D eigenvalue weighted by Crippen LogP contribution is -2.36. The summed E-state index contributed by atoms with van der Waals surface area (Å²) < 4.78 is 5.36. The van der Waals surface area contributed by atoms with Crippen molar-refractivity contribution in [2.45, 2.75) is 56.3 Å². The molecule has 0 radical (unpaired) electrons. The van der Waals surface area contributed by atoms with Crippen LogP contribution in [0, 0.1) is 5.92 Å². The van der Waals surface area contributed by atoms with Gasteiger partial charge in [0.2, 0.25) is 0 Å². The van der Waals surface area contributed by atoms with Crippen LogP contribution in [-0.4, -0.2) is 32.6 Å². The van der Waals surface area contributed by atoms with Crippen LogP contribution in [-0.2, 0) is 10.2 Å². The van der Waals surface area contributed by atoms with Gasteiger partial charge in [-0.15, -0.1) is 11.8 Å². The van der Waals surface area contributed by atoms with E-state index in [1.54, 1.807) is 5.56 Å². The molecule has 2 rings (SSSR count). The molecule has 0 aromatic heterocycles. The smallest absolute Gasteiger partial charge is 0.0590 e. The lowest BCUT2D eigenvalue weighted by molar-refractivity contribution is 0.148. The number of thioether (sulfide) groups is 1. The topological polar surface area (TPSA) is 21.3 Å². The van der Waals surface area contributed by atoms with E-state index in [0.717, 1.165) is 32.2 Å². The molecule has 1 saturated carbocycles. The van der Waals surface area contributed by atoms with Crippen LogP contribution in [0.2, 0.25) is 0 Å². The summed E-state index contributed by atoms with van der Waals surface area (Å²) in [6.07, 6.45) is 8.87. The third-order valence-electron chi connectivity index (χ3n) is 5.19. The minimum absolute atomic E-state index is 0.460. The third-order valence-corrected chi connectivity index (χ3v) is 5.94. The highest BCUT2D eigenvalue weighted by Gasteiger charge is 2.39. The highest BCUT2D eigenvalue weighted by molar-refractivity contribution is 7.98. The van der Waals surface area contributed by atoms with Crippen LogP contribution < -0.4 is 5.32 Å². The van der Waals surface area contributed by atoms with Gasteiger partial charge in [0.1, 0.15) is 0 Å². The molecule has 1 unspecified atom stereocenters. The van der Waals surface area contributed by atoms with Crippen molar-refractivity contribution in [1.82, 2.24) is 5.32 Å². The van der Waals surface area contributed by atoms with Crippen molar-refractivity contribution in [3.8, 4) is 0 Å². The SMILES string of the molecule is CCOCCNCCC(C)CC1(c2ccc(SC)cc2)CCC1. The zero-order valence-corrected chi connectivity index (χ0v) is 15.9. The molecule has 1 atom stereocenters. The van der Waals surface area contributed by atoms with Crippen LogP contribution in [0.15, 0.2) is 29.2 Å². The van der Waals surface area contributed by atoms with Crippen LogP contribution in [0.25, 0.3) is 0 Å². The van der Waals surface area contributed by atoms with E-state index in [4.69, 9.17) is 4.74 Å². The summed E-state index contributed by atoms with van der Waals surface area (Å²) in [5, 5.41) is 3.50. The minimum atomic E-state index is 0.460. The van der Waals surface area contributed by atoms with Crippen LogP contribution in [0.4, 0.5) is 0 Å². The monoisotopic (exact) mass is 335 g/mol. The predicted octanol–water partition coefficient (Wildman–Crippen LogP) is 4.87. The molecular formula is C20H33NOS. The van der Waals surface area contributed by atoms with Crippen molar-refractivity contribution in [3.63, 3.8) is 0 Å². The van der Waals surface area contributed by atoms with Crippen LogP contribution in [0.5, 0.6) is 0 Å². The Kier molecular flexibility index (Phi) is 7.94. The van der Waals surface area contributed by atoms with Crippen LogP contribution in [0.1, 0.15) is 51.5 Å². The number of ether oxygens (including phenoxy) is 1. The molecule has 1 N–H and O–H groups in total. The van der Waals surface area contributed by atoms with Gasteiger partial charge in [0.05, 0.1) is 6.61 Å². The van der Waals surface area contributed by atoms with E-state index < -0.39 is 0 Å². The van der Waals surface area contributed by atoms with E-state index in [-0.39, 0.29) is 0 Å². The van der Waals surface area contributed by atoms with E-state index in [1.807, 2.05) is 18.7 Å². The molecule has 1 fully saturated rings. The highest BCUT2D eigenvalue weighted by Crippen LogP contribution is 2.48. The van der Waals surface area contributed by atoms with Gasteiger partial charge in [0, 0.05) is 18.0 Å². The summed E-state index contributed by atoms with van der Waals surface area (Å²) in [7, 11) is 0. The van der Waals surface area contributed by atoms with E-state index in [0.29, 0.717) is 5.41 Å². The van der Waals surface area contributed by atoms with Crippen molar-refractivity contribution >= 4 is 11.8 Å². The van der Waals surface area contributed by atoms with Gasteiger partial charge >= 0.3 is 0 Å². The van der Waals surface area contributed by atoms with Gasteiger partial charge < -0.3 is 10.1 Å². The molecule has 0 amide bonds. The van der Waals surface area contributed by atoms with E-state index in [9.17, 15) is 0 Å². The summed E-state index contributed by atoms with van der Waals surface area (Å²) in [5.74, 6) is 0.773. The number of rotatable bonds is 11. The van der Waals surface area contributed by atoms with Crippen molar-refractivity contribution in [1.29, 1.82) is 0 Å². The largest absolute Gasteiger partial charge is 0.380 e. The predicted molar refractivity (Wildman–Crippen MR) is 102 cm³/mol. The zero-order valence-electron chi connectivity index (χ0n) is 15.1. The Balaban J connectivity index is 1.78. The second kappa shape index (κ2) is 9.71. The fraction of sp³-hybridized carbons (Fsp3) is 0.700. The number of benzene rings is 1. The average molecular weight is 336 g/mol. The molecule has 0 saturated heterocycles. The van der Waals surface area contributed by atoms with Gasteiger partial charge in [-0.2, -0.15) is 0 Å². The molecule has 0 heterocycles. The third kappa shape index (κ3) is 5.51. The van der Waals surface area contributed by atoms with Gasteiger partial charge in [-0.05, 0) is 74.4 Å². The highest BCUT2D eigenvalue weighted by atomic mass is 32.2. The first kappa shape index (κ1) is 18.8. The lowest BCUT2D eigenvalue weighted by atomic mass is 9.60. The zero-order chi connectivity index (χ0) is 16.5. The quantitative estimate of drug-likeness (QED) is 0.460. The molecule has 1 aromatic rings. The average Bonchev–Trinajstić information content (AvgIpc) is 2.54. The van der Waals surface area contributed by atoms with Gasteiger partial charge in [0.15, 0.2) is 0 Å². The molecule has 0 aliphatic heterocycles. The second-order valence-corrected chi connectivity index (χ2v) is 7.79. The normalized spacial score (nSPS) is 17.7. The van der Waals surface area contributed by atoms with E-state index >= 15 is 0 Å². The van der Waals surface area contributed by atoms with Crippen molar-refractivity contribution in [2.24, 2.45) is 5.92 Å². The summed E-state index contributed by atoms with van der Waals surface area (Å²) >= 11 is 1.83. The van der Waals surface area contributed by atoms with E-state index in [2.05, 4.69) is 42.8 Å². The maximum Gasteiger partial charge on any atom is 0.0590 e. The maximum atomic E-state index is 5.36. The van der Waals surface area contributed by atoms with E-state index in [1.165, 1.54) is 37.0 Å². The first-order chi connectivity index (χ1) is 11.2. The Bertz CT molecular complexity index is 441. The first-order valence-corrected chi connectivity index (χ1v) is 10.4. The fourth-order valence-electron chi connectivity index (χ4n) is 3.69. The van der Waals surface area contributed by atoms with Gasteiger partial charge in [-0.25, -0.2) is 0 Å². The molecule has 3 heteroatoms. The standard InChI is InChI=1S/C20H33NOS/c1-4-22-15-14-21-13-10-17(2)16-20(11-5-12-20)18-6-8-19(23-3)9-7-18/h6-9,17,21H,4-5,10-16H2,1-3H3. The lowest BCUT2D eigenvalue weighted by Gasteiger charge is -2.44. The van der Waals surface area contributed by atoms with Gasteiger partial charge in [-0.1, -0.05) is 25.5 Å². The Hall–Kier alpha value is -0.510. The first-order valence-electron chi connectivity index (χ1n) is 9.13. The molecular weight excluding hydrogens is 302 g/mol. The molecule has 0 bridgehead atoms. The van der Waals surface area contributed by atoms with Gasteiger partial charge in [-0.3, -0.25) is 0 Å². The summed E-state index contributed by atoms with van der Waals surface area (Å²) in [5.41, 5.74) is 2.03. The number of hydrogen-bond acceptors (Lipinski definition) is 3. The Morgan fingerprint density at radius 2 is 1.96 bits per heavy atom. The molecule has 0 spiro atoms.